The normalized spacial score (nSPS) is 16.9. The van der Waals surface area contributed by atoms with Gasteiger partial charge in [-0.2, -0.15) is 10.1 Å². The van der Waals surface area contributed by atoms with E-state index in [4.69, 9.17) is 14.2 Å². The maximum Gasteiger partial charge on any atom is 0.415 e. The lowest BCUT2D eigenvalue weighted by Crippen LogP contribution is -2.46. The lowest BCUT2D eigenvalue weighted by atomic mass is 9.92. The number of hydrogen-bond acceptors (Lipinski definition) is 16. The summed E-state index contributed by atoms with van der Waals surface area (Å²) in [6.07, 6.45) is 5.77. The highest BCUT2D eigenvalue weighted by Crippen LogP contribution is 2.32. The molecule has 4 heterocycles. The second-order valence-corrected chi connectivity index (χ2v) is 11.7. The lowest BCUT2D eigenvalue weighted by molar-refractivity contribution is -0.323. The van der Waals surface area contributed by atoms with Gasteiger partial charge in [0.05, 0.1) is 18.3 Å². The Bertz CT molecular complexity index is 1680. The number of hydrogen-bond donors (Lipinski definition) is 6. The standard InChI is InChI=1S/C30H36N8O10/c1-29(2,42)16-47-28(41)38(23-9-4-17(12-31-23)18-13-32-25(46-3)33-14-18)19-5-7-20(8-6-19)48-26-34-15-21(30(43,44)45)24(35-26)22-10-11-37(36-22)27(39)40/h4,9-15,19-20,27,39-40,42-45H,5-8,16H2,1-3H3. The van der Waals surface area contributed by atoms with Crippen molar-refractivity contribution in [3.8, 4) is 34.5 Å². The summed E-state index contributed by atoms with van der Waals surface area (Å²) in [5, 5.41) is 62.4. The van der Waals surface area contributed by atoms with Crippen molar-refractivity contribution in [2.24, 2.45) is 0 Å². The third kappa shape index (κ3) is 8.35. The van der Waals surface area contributed by atoms with Crippen LogP contribution < -0.4 is 14.4 Å². The molecule has 18 heteroatoms. The number of methoxy groups -OCH3 is 1. The van der Waals surface area contributed by atoms with Gasteiger partial charge in [-0.3, -0.25) is 4.90 Å². The van der Waals surface area contributed by atoms with Crippen LogP contribution in [0.2, 0.25) is 0 Å². The van der Waals surface area contributed by atoms with Gasteiger partial charge < -0.3 is 44.8 Å². The molecule has 6 N–H and O–H groups in total. The van der Waals surface area contributed by atoms with Crippen LogP contribution in [0.1, 0.15) is 51.5 Å². The number of ether oxygens (including phenoxy) is 3. The maximum atomic E-state index is 13.4. The molecule has 4 aromatic rings. The van der Waals surface area contributed by atoms with E-state index in [1.54, 1.807) is 30.7 Å². The molecule has 1 saturated carbocycles. The van der Waals surface area contributed by atoms with Gasteiger partial charge in [0.2, 0.25) is 0 Å². The van der Waals surface area contributed by atoms with E-state index in [1.165, 1.54) is 38.1 Å². The minimum Gasteiger partial charge on any atom is -0.467 e. The molecular formula is C30H36N8O10. The predicted molar refractivity (Wildman–Crippen MR) is 164 cm³/mol. The molecule has 18 nitrogen and oxygen atoms in total. The molecule has 256 valence electrons. The van der Waals surface area contributed by atoms with Crippen molar-refractivity contribution >= 4 is 11.9 Å². The average molecular weight is 669 g/mol. The van der Waals surface area contributed by atoms with Gasteiger partial charge >= 0.3 is 24.1 Å². The number of anilines is 1. The van der Waals surface area contributed by atoms with Crippen LogP contribution in [0.25, 0.3) is 22.5 Å². The monoisotopic (exact) mass is 668 g/mol. The fourth-order valence-electron chi connectivity index (χ4n) is 5.03. The van der Waals surface area contributed by atoms with Crippen molar-refractivity contribution in [2.45, 2.75) is 69.7 Å². The Labute approximate surface area is 273 Å². The van der Waals surface area contributed by atoms with Crippen LogP contribution in [0.5, 0.6) is 12.0 Å². The minimum absolute atomic E-state index is 0.0196. The van der Waals surface area contributed by atoms with Crippen LogP contribution in [0.15, 0.2) is 49.2 Å². The number of rotatable bonds is 11. The molecule has 0 saturated heterocycles. The van der Waals surface area contributed by atoms with Crippen molar-refractivity contribution in [3.05, 3.63) is 54.7 Å². The lowest BCUT2D eigenvalue weighted by Gasteiger charge is -2.35. The van der Waals surface area contributed by atoms with Crippen LogP contribution in [0.4, 0.5) is 10.6 Å². The third-order valence-electron chi connectivity index (χ3n) is 7.38. The molecule has 0 radical (unpaired) electrons. The molecule has 0 aliphatic heterocycles. The Morgan fingerprint density at radius 1 is 0.938 bits per heavy atom. The number of carbonyl (C=O) groups is 1. The van der Waals surface area contributed by atoms with Gasteiger partial charge in [0.25, 0.3) is 6.41 Å². The molecule has 1 fully saturated rings. The molecule has 1 aliphatic rings. The highest BCUT2D eigenvalue weighted by atomic mass is 16.7. The van der Waals surface area contributed by atoms with E-state index in [0.29, 0.717) is 42.6 Å². The van der Waals surface area contributed by atoms with Crippen molar-refractivity contribution in [3.63, 3.8) is 0 Å². The molecule has 5 rings (SSSR count). The van der Waals surface area contributed by atoms with Gasteiger partial charge in [0.1, 0.15) is 29.9 Å². The summed E-state index contributed by atoms with van der Waals surface area (Å²) in [6, 6.07) is 4.52. The molecule has 0 unspecified atom stereocenters. The first kappa shape index (κ1) is 34.5. The molecule has 0 bridgehead atoms. The Hall–Kier alpha value is -4.85. The summed E-state index contributed by atoms with van der Waals surface area (Å²) in [7, 11) is 1.47. The number of aliphatic hydroxyl groups is 6. The van der Waals surface area contributed by atoms with Crippen LogP contribution in [-0.4, -0.2) is 103 Å². The summed E-state index contributed by atoms with van der Waals surface area (Å²) >= 11 is 0. The SMILES string of the molecule is COc1ncc(-c2ccc(N(C(=O)OCC(C)(C)O)C3CCC(Oc4ncc(C(O)(O)O)c(-c5ccn(C(O)O)n5)n4)CC3)nc2)cn1. The fraction of sp³-hybridized carbons (Fsp3) is 0.433. The van der Waals surface area contributed by atoms with Gasteiger partial charge in [0, 0.05) is 48.2 Å². The zero-order valence-electron chi connectivity index (χ0n) is 26.3. The smallest absolute Gasteiger partial charge is 0.415 e. The highest BCUT2D eigenvalue weighted by Gasteiger charge is 2.35. The molecule has 0 atom stereocenters. The fourth-order valence-corrected chi connectivity index (χ4v) is 5.03. The Balaban J connectivity index is 1.32. The van der Waals surface area contributed by atoms with Crippen LogP contribution in [-0.2, 0) is 10.7 Å². The number of amides is 1. The summed E-state index contributed by atoms with van der Waals surface area (Å²) in [6.45, 7) is 2.82. The van der Waals surface area contributed by atoms with E-state index in [1.807, 2.05) is 0 Å². The highest BCUT2D eigenvalue weighted by molar-refractivity contribution is 5.87. The average Bonchev–Trinajstić information content (AvgIpc) is 3.55. The van der Waals surface area contributed by atoms with Gasteiger partial charge in [-0.15, -0.1) is 0 Å². The Morgan fingerprint density at radius 3 is 2.17 bits per heavy atom. The summed E-state index contributed by atoms with van der Waals surface area (Å²) in [5.74, 6) is -2.97. The first-order valence-electron chi connectivity index (χ1n) is 14.9. The number of aromatic nitrogens is 7. The first-order valence-corrected chi connectivity index (χ1v) is 14.9. The van der Waals surface area contributed by atoms with Crippen molar-refractivity contribution in [1.82, 2.24) is 34.7 Å². The summed E-state index contributed by atoms with van der Waals surface area (Å²) in [4.78, 5) is 35.8. The second-order valence-electron chi connectivity index (χ2n) is 11.7. The molecule has 0 spiro atoms. The first-order chi connectivity index (χ1) is 22.7. The summed E-state index contributed by atoms with van der Waals surface area (Å²) < 4.78 is 17.3. The summed E-state index contributed by atoms with van der Waals surface area (Å²) in [5.41, 5.74) is -0.566. The number of carbonyl (C=O) groups excluding carboxylic acids is 1. The largest absolute Gasteiger partial charge is 0.467 e. The van der Waals surface area contributed by atoms with Gasteiger partial charge in [0.15, 0.2) is 0 Å². The third-order valence-corrected chi connectivity index (χ3v) is 7.38. The van der Waals surface area contributed by atoms with Crippen molar-refractivity contribution in [1.29, 1.82) is 0 Å². The van der Waals surface area contributed by atoms with Gasteiger partial charge in [-0.25, -0.2) is 29.4 Å². The van der Waals surface area contributed by atoms with E-state index >= 15 is 0 Å². The van der Waals surface area contributed by atoms with Crippen molar-refractivity contribution in [2.75, 3.05) is 18.6 Å². The van der Waals surface area contributed by atoms with Gasteiger partial charge in [-0.05, 0) is 57.7 Å². The Kier molecular flexibility index (Phi) is 10.1. The molecule has 48 heavy (non-hydrogen) atoms. The van der Waals surface area contributed by atoms with Crippen LogP contribution in [0, 0.1) is 0 Å². The number of pyridine rings is 1. The van der Waals surface area contributed by atoms with E-state index in [0.717, 1.165) is 10.9 Å². The van der Waals surface area contributed by atoms with Gasteiger partial charge in [-0.1, -0.05) is 0 Å². The van der Waals surface area contributed by atoms with Crippen LogP contribution >= 0.6 is 0 Å². The number of nitrogens with zero attached hydrogens (tertiary/aromatic N) is 8. The topological polar surface area (TPSA) is 252 Å². The maximum absolute atomic E-state index is 13.4. The van der Waals surface area contributed by atoms with Crippen molar-refractivity contribution < 1.29 is 49.6 Å². The molecular weight excluding hydrogens is 632 g/mol. The Morgan fingerprint density at radius 2 is 1.60 bits per heavy atom. The van der Waals surface area contributed by atoms with Crippen LogP contribution in [0.3, 0.4) is 0 Å². The minimum atomic E-state index is -3.31. The van der Waals surface area contributed by atoms with E-state index in [2.05, 4.69) is 30.0 Å². The quantitative estimate of drug-likeness (QED) is 0.121. The predicted octanol–water partition coefficient (Wildman–Crippen LogP) is 0.833. The number of aliphatic hydroxyl groups excluding tert-OH is 1. The van der Waals surface area contributed by atoms with E-state index < -0.39 is 35.7 Å². The molecule has 0 aromatic carbocycles. The molecule has 4 aromatic heterocycles. The zero-order chi connectivity index (χ0) is 34.6. The second kappa shape index (κ2) is 14.1. The molecule has 1 aliphatic carbocycles. The molecule has 1 amide bonds. The zero-order valence-corrected chi connectivity index (χ0v) is 26.3. The van der Waals surface area contributed by atoms with E-state index in [9.17, 15) is 35.4 Å². The van der Waals surface area contributed by atoms with E-state index in [-0.39, 0.29) is 36.1 Å².